The topological polar surface area (TPSA) is 38.9 Å². The Morgan fingerprint density at radius 1 is 1.11 bits per heavy atom. The van der Waals surface area contributed by atoms with Gasteiger partial charge < -0.3 is 5.73 Å². The van der Waals surface area contributed by atoms with Gasteiger partial charge in [0.1, 0.15) is 0 Å². The Balaban J connectivity index is 1.81. The van der Waals surface area contributed by atoms with Crippen LogP contribution in [0.4, 0.5) is 0 Å². The van der Waals surface area contributed by atoms with Crippen LogP contribution in [0.3, 0.4) is 0 Å². The lowest BCUT2D eigenvalue weighted by Gasteiger charge is -2.29. The van der Waals surface area contributed by atoms with Crippen LogP contribution in [0.2, 0.25) is 0 Å². The number of pyridine rings is 1. The van der Waals surface area contributed by atoms with Crippen molar-refractivity contribution in [3.63, 3.8) is 0 Å². The van der Waals surface area contributed by atoms with Crippen molar-refractivity contribution in [1.29, 1.82) is 0 Å². The van der Waals surface area contributed by atoms with E-state index in [9.17, 15) is 0 Å². The van der Waals surface area contributed by atoms with E-state index in [1.807, 2.05) is 24.5 Å². The van der Waals surface area contributed by atoms with E-state index in [4.69, 9.17) is 5.73 Å². The Morgan fingerprint density at radius 2 is 1.84 bits per heavy atom. The molecular formula is C17H20N2. The molecule has 1 heterocycles. The van der Waals surface area contributed by atoms with Crippen molar-refractivity contribution in [2.24, 2.45) is 5.73 Å². The maximum Gasteiger partial charge on any atom is 0.0338 e. The number of nitrogens with two attached hydrogens (primary N) is 1. The maximum atomic E-state index is 6.42. The minimum atomic E-state index is 0.0826. The Bertz CT molecular complexity index is 532. The normalized spacial score (nSPS) is 16.9. The lowest BCUT2D eigenvalue weighted by atomic mass is 9.77. The average molecular weight is 252 g/mol. The molecule has 1 aliphatic carbocycles. The fourth-order valence-corrected chi connectivity index (χ4v) is 2.82. The van der Waals surface area contributed by atoms with Crippen molar-refractivity contribution in [1.82, 2.24) is 4.98 Å². The van der Waals surface area contributed by atoms with Gasteiger partial charge in [-0.05, 0) is 54.0 Å². The van der Waals surface area contributed by atoms with Gasteiger partial charge in [-0.15, -0.1) is 0 Å². The van der Waals surface area contributed by atoms with Gasteiger partial charge in [0, 0.05) is 18.4 Å². The van der Waals surface area contributed by atoms with Crippen LogP contribution in [0, 0.1) is 0 Å². The van der Waals surface area contributed by atoms with Crippen LogP contribution in [0.15, 0.2) is 48.8 Å². The Morgan fingerprint density at radius 3 is 2.53 bits per heavy atom. The third-order valence-corrected chi connectivity index (χ3v) is 4.15. The van der Waals surface area contributed by atoms with Crippen molar-refractivity contribution in [2.75, 3.05) is 0 Å². The molecule has 1 atom stereocenters. The minimum Gasteiger partial charge on any atom is -0.324 e. The van der Waals surface area contributed by atoms with Gasteiger partial charge in [-0.3, -0.25) is 4.98 Å². The highest BCUT2D eigenvalue weighted by atomic mass is 14.6. The van der Waals surface area contributed by atoms with Gasteiger partial charge >= 0.3 is 0 Å². The van der Waals surface area contributed by atoms with E-state index < -0.39 is 0 Å². The summed E-state index contributed by atoms with van der Waals surface area (Å²) in [6.45, 7) is 0. The van der Waals surface area contributed by atoms with Crippen molar-refractivity contribution >= 4 is 0 Å². The monoisotopic (exact) mass is 252 g/mol. The van der Waals surface area contributed by atoms with Gasteiger partial charge in [0.05, 0.1) is 0 Å². The van der Waals surface area contributed by atoms with Gasteiger partial charge in [0.25, 0.3) is 0 Å². The number of benzene rings is 1. The van der Waals surface area contributed by atoms with Crippen LogP contribution in [0.5, 0.6) is 0 Å². The lowest BCUT2D eigenvalue weighted by Crippen LogP contribution is -2.19. The summed E-state index contributed by atoms with van der Waals surface area (Å²) in [6, 6.07) is 12.9. The van der Waals surface area contributed by atoms with Crippen molar-refractivity contribution in [2.45, 2.75) is 37.6 Å². The summed E-state index contributed by atoms with van der Waals surface area (Å²) in [5.74, 6) is 0.736. The SMILES string of the molecule is NC(Cc1ccncc1)c1ccccc1C1CCC1. The van der Waals surface area contributed by atoms with E-state index in [1.165, 1.54) is 36.0 Å². The zero-order valence-corrected chi connectivity index (χ0v) is 11.1. The summed E-state index contributed by atoms with van der Waals surface area (Å²) >= 11 is 0. The molecule has 0 spiro atoms. The molecule has 1 aromatic heterocycles. The third kappa shape index (κ3) is 2.69. The quantitative estimate of drug-likeness (QED) is 0.903. The minimum absolute atomic E-state index is 0.0826. The van der Waals surface area contributed by atoms with Gasteiger partial charge in [-0.1, -0.05) is 30.7 Å². The first-order valence-electron chi connectivity index (χ1n) is 7.08. The molecule has 0 saturated heterocycles. The lowest BCUT2D eigenvalue weighted by molar-refractivity contribution is 0.415. The van der Waals surface area contributed by atoms with E-state index in [1.54, 1.807) is 0 Å². The molecule has 1 aromatic carbocycles. The molecule has 0 amide bonds. The highest BCUT2D eigenvalue weighted by molar-refractivity contribution is 5.35. The van der Waals surface area contributed by atoms with Crippen LogP contribution in [-0.4, -0.2) is 4.98 Å². The molecule has 98 valence electrons. The summed E-state index contributed by atoms with van der Waals surface area (Å²) in [7, 11) is 0. The molecule has 19 heavy (non-hydrogen) atoms. The van der Waals surface area contributed by atoms with Crippen LogP contribution in [0.1, 0.15) is 47.9 Å². The first-order chi connectivity index (χ1) is 9.34. The van der Waals surface area contributed by atoms with E-state index >= 15 is 0 Å². The predicted molar refractivity (Wildman–Crippen MR) is 77.9 cm³/mol. The molecule has 1 aliphatic rings. The molecule has 0 aliphatic heterocycles. The fourth-order valence-electron chi connectivity index (χ4n) is 2.82. The van der Waals surface area contributed by atoms with Gasteiger partial charge in [0.15, 0.2) is 0 Å². The first-order valence-corrected chi connectivity index (χ1v) is 7.08. The summed E-state index contributed by atoms with van der Waals surface area (Å²) in [6.07, 6.45) is 8.54. The molecule has 2 aromatic rings. The van der Waals surface area contributed by atoms with Gasteiger partial charge in [0.2, 0.25) is 0 Å². The van der Waals surface area contributed by atoms with Crippen LogP contribution in [-0.2, 0) is 6.42 Å². The second kappa shape index (κ2) is 5.54. The summed E-state index contributed by atoms with van der Waals surface area (Å²) in [5, 5.41) is 0. The Hall–Kier alpha value is -1.67. The molecule has 0 bridgehead atoms. The van der Waals surface area contributed by atoms with E-state index in [0.29, 0.717) is 0 Å². The number of rotatable bonds is 4. The number of nitrogens with zero attached hydrogens (tertiary/aromatic N) is 1. The van der Waals surface area contributed by atoms with Crippen molar-refractivity contribution in [3.8, 4) is 0 Å². The van der Waals surface area contributed by atoms with E-state index in [-0.39, 0.29) is 6.04 Å². The smallest absolute Gasteiger partial charge is 0.0338 e. The molecule has 2 heteroatoms. The molecule has 2 N–H and O–H groups in total. The summed E-state index contributed by atoms with van der Waals surface area (Å²) in [5.41, 5.74) is 10.5. The van der Waals surface area contributed by atoms with Crippen molar-refractivity contribution < 1.29 is 0 Å². The van der Waals surface area contributed by atoms with Crippen LogP contribution in [0.25, 0.3) is 0 Å². The number of aromatic nitrogens is 1. The van der Waals surface area contributed by atoms with Crippen LogP contribution < -0.4 is 5.73 Å². The fraction of sp³-hybridized carbons (Fsp3) is 0.353. The molecule has 1 fully saturated rings. The molecule has 1 saturated carbocycles. The first kappa shape index (κ1) is 12.4. The number of hydrogen-bond acceptors (Lipinski definition) is 2. The Labute approximate surface area is 114 Å². The summed E-state index contributed by atoms with van der Waals surface area (Å²) < 4.78 is 0. The number of hydrogen-bond donors (Lipinski definition) is 1. The second-order valence-electron chi connectivity index (χ2n) is 5.42. The largest absolute Gasteiger partial charge is 0.324 e. The molecular weight excluding hydrogens is 232 g/mol. The van der Waals surface area contributed by atoms with E-state index in [2.05, 4.69) is 29.2 Å². The summed E-state index contributed by atoms with van der Waals surface area (Å²) in [4.78, 5) is 4.05. The van der Waals surface area contributed by atoms with Gasteiger partial charge in [-0.2, -0.15) is 0 Å². The van der Waals surface area contributed by atoms with E-state index in [0.717, 1.165) is 12.3 Å². The highest BCUT2D eigenvalue weighted by Crippen LogP contribution is 2.39. The standard InChI is InChI=1S/C17H20N2/c18-17(12-13-8-10-19-11-9-13)16-7-2-1-6-15(16)14-4-3-5-14/h1-2,6-11,14,17H,3-5,12,18H2. The average Bonchev–Trinajstić information content (AvgIpc) is 2.38. The predicted octanol–water partition coefficient (Wildman–Crippen LogP) is 3.59. The zero-order chi connectivity index (χ0) is 13.1. The molecule has 2 nitrogen and oxygen atoms in total. The third-order valence-electron chi connectivity index (χ3n) is 4.15. The zero-order valence-electron chi connectivity index (χ0n) is 11.1. The Kier molecular flexibility index (Phi) is 3.60. The molecule has 3 rings (SSSR count). The van der Waals surface area contributed by atoms with Crippen molar-refractivity contribution in [3.05, 3.63) is 65.5 Å². The molecule has 1 unspecified atom stereocenters. The highest BCUT2D eigenvalue weighted by Gasteiger charge is 2.23. The van der Waals surface area contributed by atoms with Crippen LogP contribution >= 0.6 is 0 Å². The maximum absolute atomic E-state index is 6.42. The molecule has 0 radical (unpaired) electrons. The van der Waals surface area contributed by atoms with Gasteiger partial charge in [-0.25, -0.2) is 0 Å². The second-order valence-corrected chi connectivity index (χ2v) is 5.42.